The Morgan fingerprint density at radius 3 is 2.20 bits per heavy atom. The van der Waals surface area contributed by atoms with Gasteiger partial charge < -0.3 is 16.0 Å². The molecule has 3 N–H and O–H groups in total. The number of halogens is 2. The quantitative estimate of drug-likeness (QED) is 0.579. The van der Waals surface area contributed by atoms with Gasteiger partial charge in [0.15, 0.2) is 0 Å². The maximum atomic E-state index is 12.2. The summed E-state index contributed by atoms with van der Waals surface area (Å²) < 4.78 is 0. The SMILES string of the molecule is CC(C(=O)NC1CC1)N1CCN(C(=O)CCCCCCN)CC1.Cl.Cl. The number of piperazine rings is 1. The molecule has 0 aromatic heterocycles. The Morgan fingerprint density at radius 2 is 1.64 bits per heavy atom. The number of amides is 2. The summed E-state index contributed by atoms with van der Waals surface area (Å²) in [4.78, 5) is 28.4. The summed E-state index contributed by atoms with van der Waals surface area (Å²) in [5.41, 5.74) is 5.47. The number of nitrogens with zero attached hydrogens (tertiary/aromatic N) is 2. The van der Waals surface area contributed by atoms with Gasteiger partial charge in [-0.05, 0) is 39.2 Å². The monoisotopic (exact) mass is 396 g/mol. The maximum Gasteiger partial charge on any atom is 0.237 e. The van der Waals surface area contributed by atoms with Crippen LogP contribution in [0.3, 0.4) is 0 Å². The summed E-state index contributed by atoms with van der Waals surface area (Å²) in [5.74, 6) is 0.389. The van der Waals surface area contributed by atoms with Crippen molar-refractivity contribution in [3.8, 4) is 0 Å². The second kappa shape index (κ2) is 12.7. The molecule has 0 bridgehead atoms. The lowest BCUT2D eigenvalue weighted by molar-refractivity contribution is -0.134. The van der Waals surface area contributed by atoms with Crippen LogP contribution in [0.2, 0.25) is 0 Å². The standard InChI is InChI=1S/C17H32N4O2.2ClH/c1-14(17(23)19-15-7-8-15)20-10-12-21(13-11-20)16(22)6-4-2-3-5-9-18;;/h14-15H,2-13,18H2,1H3,(H,19,23);2*1H. The van der Waals surface area contributed by atoms with E-state index in [9.17, 15) is 9.59 Å². The zero-order valence-electron chi connectivity index (χ0n) is 15.2. The van der Waals surface area contributed by atoms with Gasteiger partial charge in [0.25, 0.3) is 0 Å². The number of carbonyl (C=O) groups is 2. The molecule has 148 valence electrons. The molecule has 2 aliphatic rings. The second-order valence-corrected chi connectivity index (χ2v) is 6.83. The minimum atomic E-state index is -0.0934. The fourth-order valence-electron chi connectivity index (χ4n) is 3.01. The van der Waals surface area contributed by atoms with E-state index in [0.717, 1.165) is 71.2 Å². The van der Waals surface area contributed by atoms with Crippen molar-refractivity contribution in [3.05, 3.63) is 0 Å². The molecule has 25 heavy (non-hydrogen) atoms. The van der Waals surface area contributed by atoms with Crippen LogP contribution in [0.5, 0.6) is 0 Å². The molecule has 2 fully saturated rings. The van der Waals surface area contributed by atoms with Gasteiger partial charge in [0.1, 0.15) is 0 Å². The van der Waals surface area contributed by atoms with Crippen LogP contribution in [0.1, 0.15) is 51.9 Å². The molecule has 1 aliphatic carbocycles. The van der Waals surface area contributed by atoms with E-state index in [1.165, 1.54) is 0 Å². The van der Waals surface area contributed by atoms with Crippen molar-refractivity contribution < 1.29 is 9.59 Å². The van der Waals surface area contributed by atoms with Crippen LogP contribution in [0, 0.1) is 0 Å². The Kier molecular flexibility index (Phi) is 12.5. The molecule has 0 spiro atoms. The molecule has 1 heterocycles. The van der Waals surface area contributed by atoms with Gasteiger partial charge in [0.2, 0.25) is 11.8 Å². The molecular weight excluding hydrogens is 363 g/mol. The van der Waals surface area contributed by atoms with E-state index < -0.39 is 0 Å². The van der Waals surface area contributed by atoms with Gasteiger partial charge >= 0.3 is 0 Å². The van der Waals surface area contributed by atoms with E-state index in [1.54, 1.807) is 0 Å². The van der Waals surface area contributed by atoms with Crippen molar-refractivity contribution >= 4 is 36.6 Å². The molecule has 1 saturated heterocycles. The molecule has 2 amide bonds. The van der Waals surface area contributed by atoms with Crippen LogP contribution < -0.4 is 11.1 Å². The minimum Gasteiger partial charge on any atom is -0.352 e. The lowest BCUT2D eigenvalue weighted by atomic mass is 10.1. The summed E-state index contributed by atoms with van der Waals surface area (Å²) in [7, 11) is 0. The Hall–Kier alpha value is -0.560. The lowest BCUT2D eigenvalue weighted by Crippen LogP contribution is -2.55. The molecule has 2 rings (SSSR count). The number of rotatable bonds is 9. The molecule has 1 saturated carbocycles. The first-order valence-electron chi connectivity index (χ1n) is 9.14. The highest BCUT2D eigenvalue weighted by Crippen LogP contribution is 2.19. The molecule has 8 heteroatoms. The van der Waals surface area contributed by atoms with Crippen molar-refractivity contribution in [2.24, 2.45) is 5.73 Å². The Morgan fingerprint density at radius 1 is 1.04 bits per heavy atom. The van der Waals surface area contributed by atoms with Gasteiger partial charge in [-0.25, -0.2) is 0 Å². The predicted molar refractivity (Wildman–Crippen MR) is 105 cm³/mol. The molecular formula is C17H34Cl2N4O2. The number of hydrogen-bond acceptors (Lipinski definition) is 4. The maximum absolute atomic E-state index is 12.2. The first kappa shape index (κ1) is 24.4. The van der Waals surface area contributed by atoms with E-state index in [1.807, 2.05) is 11.8 Å². The molecule has 6 nitrogen and oxygen atoms in total. The minimum absolute atomic E-state index is 0. The summed E-state index contributed by atoms with van der Waals surface area (Å²) in [6.07, 6.45) is 7.08. The topological polar surface area (TPSA) is 78.7 Å². The second-order valence-electron chi connectivity index (χ2n) is 6.83. The highest BCUT2D eigenvalue weighted by Gasteiger charge is 2.30. The molecule has 0 aromatic carbocycles. The summed E-state index contributed by atoms with van der Waals surface area (Å²) in [5, 5.41) is 3.06. The lowest BCUT2D eigenvalue weighted by Gasteiger charge is -2.37. The highest BCUT2D eigenvalue weighted by molar-refractivity contribution is 5.85. The smallest absolute Gasteiger partial charge is 0.237 e. The van der Waals surface area contributed by atoms with E-state index in [-0.39, 0.29) is 42.7 Å². The molecule has 0 aromatic rings. The Balaban J connectivity index is 0.00000288. The number of nitrogens with one attached hydrogen (secondary N) is 1. The third-order valence-electron chi connectivity index (χ3n) is 4.86. The van der Waals surface area contributed by atoms with Gasteiger partial charge in [-0.15, -0.1) is 24.8 Å². The molecule has 1 atom stereocenters. The first-order valence-corrected chi connectivity index (χ1v) is 9.14. The summed E-state index contributed by atoms with van der Waals surface area (Å²) >= 11 is 0. The van der Waals surface area contributed by atoms with Crippen LogP contribution in [-0.4, -0.2) is 66.4 Å². The fourth-order valence-corrected chi connectivity index (χ4v) is 3.01. The van der Waals surface area contributed by atoms with Gasteiger partial charge in [-0.2, -0.15) is 0 Å². The van der Waals surface area contributed by atoms with E-state index >= 15 is 0 Å². The van der Waals surface area contributed by atoms with Crippen molar-refractivity contribution in [3.63, 3.8) is 0 Å². The average molecular weight is 397 g/mol. The normalized spacial score (nSPS) is 18.7. The average Bonchev–Trinajstić information content (AvgIpc) is 3.38. The van der Waals surface area contributed by atoms with Gasteiger partial charge in [-0.1, -0.05) is 12.8 Å². The molecule has 0 radical (unpaired) electrons. The van der Waals surface area contributed by atoms with E-state index in [0.29, 0.717) is 12.5 Å². The number of hydrogen-bond donors (Lipinski definition) is 2. The van der Waals surface area contributed by atoms with Crippen molar-refractivity contribution in [1.82, 2.24) is 15.1 Å². The Bertz CT molecular complexity index is 400. The first-order chi connectivity index (χ1) is 11.1. The number of nitrogens with two attached hydrogens (primary N) is 1. The van der Waals surface area contributed by atoms with Crippen molar-refractivity contribution in [2.75, 3.05) is 32.7 Å². The van der Waals surface area contributed by atoms with Gasteiger partial charge in [-0.3, -0.25) is 14.5 Å². The Labute approximate surface area is 164 Å². The summed E-state index contributed by atoms with van der Waals surface area (Å²) in [6, 6.07) is 0.316. The third-order valence-corrected chi connectivity index (χ3v) is 4.86. The number of carbonyl (C=O) groups excluding carboxylic acids is 2. The number of unbranched alkanes of at least 4 members (excludes halogenated alkanes) is 3. The molecule has 1 unspecified atom stereocenters. The third kappa shape index (κ3) is 8.58. The van der Waals surface area contributed by atoms with Gasteiger partial charge in [0.05, 0.1) is 6.04 Å². The van der Waals surface area contributed by atoms with E-state index in [4.69, 9.17) is 5.73 Å². The summed E-state index contributed by atoms with van der Waals surface area (Å²) in [6.45, 7) is 5.76. The van der Waals surface area contributed by atoms with Crippen molar-refractivity contribution in [1.29, 1.82) is 0 Å². The van der Waals surface area contributed by atoms with Crippen LogP contribution in [0.25, 0.3) is 0 Å². The van der Waals surface area contributed by atoms with Gasteiger partial charge in [0, 0.05) is 38.6 Å². The van der Waals surface area contributed by atoms with Crippen LogP contribution >= 0.6 is 24.8 Å². The zero-order chi connectivity index (χ0) is 16.7. The predicted octanol–water partition coefficient (Wildman–Crippen LogP) is 1.55. The fraction of sp³-hybridized carbons (Fsp3) is 0.882. The van der Waals surface area contributed by atoms with Crippen LogP contribution in [0.4, 0.5) is 0 Å². The largest absolute Gasteiger partial charge is 0.352 e. The zero-order valence-corrected chi connectivity index (χ0v) is 16.9. The van der Waals surface area contributed by atoms with Crippen LogP contribution in [-0.2, 0) is 9.59 Å². The van der Waals surface area contributed by atoms with Crippen LogP contribution in [0.15, 0.2) is 0 Å². The van der Waals surface area contributed by atoms with Crippen molar-refractivity contribution in [2.45, 2.75) is 64.0 Å². The molecule has 1 aliphatic heterocycles. The van der Waals surface area contributed by atoms with E-state index in [2.05, 4.69) is 10.2 Å². The highest BCUT2D eigenvalue weighted by atomic mass is 35.5.